The third kappa shape index (κ3) is 4.71. The van der Waals surface area contributed by atoms with E-state index in [1.54, 1.807) is 0 Å². The summed E-state index contributed by atoms with van der Waals surface area (Å²) in [5.41, 5.74) is 5.87. The van der Waals surface area contributed by atoms with Crippen LogP contribution in [0, 0.1) is 0 Å². The van der Waals surface area contributed by atoms with E-state index in [4.69, 9.17) is 5.73 Å². The second-order valence-electron chi connectivity index (χ2n) is 4.50. The van der Waals surface area contributed by atoms with Gasteiger partial charge in [0.2, 0.25) is 5.91 Å². The molecule has 3 N–H and O–H groups in total. The Morgan fingerprint density at radius 2 is 1.95 bits per heavy atom. The molecule has 1 atom stereocenters. The van der Waals surface area contributed by atoms with E-state index in [-0.39, 0.29) is 0 Å². The average Bonchev–Trinajstić information content (AvgIpc) is 2.37. The van der Waals surface area contributed by atoms with E-state index in [0.29, 0.717) is 0 Å². The van der Waals surface area contributed by atoms with Gasteiger partial charge >= 0.3 is 6.03 Å². The lowest BCUT2D eigenvalue weighted by Crippen LogP contribution is -2.43. The molecular weight excluding hydrogens is 242 g/mol. The van der Waals surface area contributed by atoms with E-state index in [1.807, 2.05) is 42.3 Å². The van der Waals surface area contributed by atoms with Crippen LogP contribution in [0.1, 0.15) is 31.4 Å². The smallest absolute Gasteiger partial charge is 0.318 e. The molecule has 0 aliphatic rings. The molecule has 0 spiro atoms. The van der Waals surface area contributed by atoms with E-state index in [0.717, 1.165) is 24.9 Å². The van der Waals surface area contributed by atoms with Crippen LogP contribution in [-0.4, -0.2) is 30.4 Å². The quantitative estimate of drug-likeness (QED) is 0.819. The molecule has 104 valence electrons. The molecule has 0 heterocycles. The van der Waals surface area contributed by atoms with E-state index in [2.05, 4.69) is 12.2 Å². The monoisotopic (exact) mass is 263 g/mol. The molecule has 0 aliphatic carbocycles. The van der Waals surface area contributed by atoms with E-state index < -0.39 is 18.0 Å². The second kappa shape index (κ2) is 7.53. The molecule has 0 radical (unpaired) electrons. The van der Waals surface area contributed by atoms with Crippen LogP contribution in [0.25, 0.3) is 0 Å². The highest BCUT2D eigenvalue weighted by molar-refractivity contribution is 5.96. The van der Waals surface area contributed by atoms with Crippen LogP contribution in [0.3, 0.4) is 0 Å². The highest BCUT2D eigenvalue weighted by atomic mass is 16.2. The highest BCUT2D eigenvalue weighted by Gasteiger charge is 2.25. The number of hydrogen-bond acceptors (Lipinski definition) is 3. The van der Waals surface area contributed by atoms with Crippen LogP contribution in [0.15, 0.2) is 30.3 Å². The molecule has 19 heavy (non-hydrogen) atoms. The number of urea groups is 1. The topological polar surface area (TPSA) is 75.4 Å². The van der Waals surface area contributed by atoms with E-state index in [9.17, 15) is 9.59 Å². The van der Waals surface area contributed by atoms with Crippen molar-refractivity contribution in [3.63, 3.8) is 0 Å². The van der Waals surface area contributed by atoms with Crippen LogP contribution < -0.4 is 11.1 Å². The van der Waals surface area contributed by atoms with Crippen molar-refractivity contribution in [1.29, 1.82) is 0 Å². The van der Waals surface area contributed by atoms with Gasteiger partial charge in [0.15, 0.2) is 0 Å². The minimum atomic E-state index is -0.824. The number of imide groups is 1. The SMILES string of the molecule is CCCCN(C)C(C(=O)NC(N)=O)c1ccccc1. The summed E-state index contributed by atoms with van der Waals surface area (Å²) in [7, 11) is 1.87. The number of primary amides is 1. The third-order valence-corrected chi connectivity index (χ3v) is 2.92. The van der Waals surface area contributed by atoms with Gasteiger partial charge in [0.25, 0.3) is 0 Å². The normalized spacial score (nSPS) is 12.2. The number of carbonyl (C=O) groups excluding carboxylic acids is 2. The first-order valence-electron chi connectivity index (χ1n) is 6.41. The molecule has 3 amide bonds. The number of nitrogens with one attached hydrogen (secondary N) is 1. The molecule has 0 aromatic heterocycles. The zero-order valence-electron chi connectivity index (χ0n) is 11.4. The van der Waals surface area contributed by atoms with Crippen molar-refractivity contribution in [2.75, 3.05) is 13.6 Å². The van der Waals surface area contributed by atoms with Crippen molar-refractivity contribution >= 4 is 11.9 Å². The fourth-order valence-electron chi connectivity index (χ4n) is 1.97. The summed E-state index contributed by atoms with van der Waals surface area (Å²) in [5, 5.41) is 2.16. The van der Waals surface area contributed by atoms with Crippen molar-refractivity contribution in [2.24, 2.45) is 5.73 Å². The van der Waals surface area contributed by atoms with Gasteiger partial charge < -0.3 is 5.73 Å². The van der Waals surface area contributed by atoms with Gasteiger partial charge in [0.05, 0.1) is 0 Å². The van der Waals surface area contributed by atoms with Crippen molar-refractivity contribution in [3.05, 3.63) is 35.9 Å². The lowest BCUT2D eigenvalue weighted by Gasteiger charge is -2.26. The van der Waals surface area contributed by atoms with Gasteiger partial charge in [-0.3, -0.25) is 15.0 Å². The molecule has 0 saturated carbocycles. The second-order valence-corrected chi connectivity index (χ2v) is 4.50. The molecule has 1 unspecified atom stereocenters. The molecule has 0 saturated heterocycles. The van der Waals surface area contributed by atoms with Crippen LogP contribution in [0.4, 0.5) is 4.79 Å². The van der Waals surface area contributed by atoms with E-state index >= 15 is 0 Å². The number of rotatable bonds is 6. The Bertz CT molecular complexity index is 420. The predicted octanol–water partition coefficient (Wildman–Crippen LogP) is 1.65. The molecule has 0 aliphatic heterocycles. The number of amides is 3. The molecule has 5 nitrogen and oxygen atoms in total. The third-order valence-electron chi connectivity index (χ3n) is 2.92. The Hall–Kier alpha value is -1.88. The van der Waals surface area contributed by atoms with Gasteiger partial charge in [-0.05, 0) is 25.6 Å². The minimum Gasteiger partial charge on any atom is -0.351 e. The molecule has 5 heteroatoms. The standard InChI is InChI=1S/C14H21N3O2/c1-3-4-10-17(2)12(13(18)16-14(15)19)11-8-6-5-7-9-11/h5-9,12H,3-4,10H2,1-2H3,(H3,15,16,18,19). The molecular formula is C14H21N3O2. The van der Waals surface area contributed by atoms with Gasteiger partial charge in [-0.1, -0.05) is 43.7 Å². The molecule has 0 bridgehead atoms. The first-order valence-corrected chi connectivity index (χ1v) is 6.41. The Morgan fingerprint density at radius 1 is 1.32 bits per heavy atom. The number of hydrogen-bond donors (Lipinski definition) is 2. The number of nitrogens with zero attached hydrogens (tertiary/aromatic N) is 1. The number of benzene rings is 1. The maximum atomic E-state index is 12.1. The fourth-order valence-corrected chi connectivity index (χ4v) is 1.97. The first-order chi connectivity index (χ1) is 9.06. The molecule has 1 aromatic carbocycles. The van der Waals surface area contributed by atoms with Gasteiger partial charge in [-0.15, -0.1) is 0 Å². The van der Waals surface area contributed by atoms with Crippen molar-refractivity contribution in [3.8, 4) is 0 Å². The summed E-state index contributed by atoms with van der Waals surface area (Å²) < 4.78 is 0. The number of unbranched alkanes of at least 4 members (excludes halogenated alkanes) is 1. The lowest BCUT2D eigenvalue weighted by molar-refractivity contribution is -0.125. The predicted molar refractivity (Wildman–Crippen MR) is 74.4 cm³/mol. The van der Waals surface area contributed by atoms with Crippen LogP contribution in [-0.2, 0) is 4.79 Å². The fraction of sp³-hybridized carbons (Fsp3) is 0.429. The zero-order chi connectivity index (χ0) is 14.3. The summed E-state index contributed by atoms with van der Waals surface area (Å²) in [4.78, 5) is 24.9. The first kappa shape index (κ1) is 15.2. The lowest BCUT2D eigenvalue weighted by atomic mass is 10.0. The summed E-state index contributed by atoms with van der Waals surface area (Å²) in [6.45, 7) is 2.87. The summed E-state index contributed by atoms with van der Waals surface area (Å²) in [6.07, 6.45) is 2.03. The number of nitrogens with two attached hydrogens (primary N) is 1. The number of carbonyl (C=O) groups is 2. The average molecular weight is 263 g/mol. The number of likely N-dealkylation sites (N-methyl/N-ethyl adjacent to an activating group) is 1. The van der Waals surface area contributed by atoms with Crippen molar-refractivity contribution in [2.45, 2.75) is 25.8 Å². The highest BCUT2D eigenvalue weighted by Crippen LogP contribution is 2.19. The molecule has 0 fully saturated rings. The summed E-state index contributed by atoms with van der Waals surface area (Å²) in [5.74, 6) is -0.391. The van der Waals surface area contributed by atoms with Gasteiger partial charge in [-0.25, -0.2) is 4.79 Å². The van der Waals surface area contributed by atoms with Gasteiger partial charge in [0.1, 0.15) is 6.04 Å². The Balaban J connectivity index is 2.90. The van der Waals surface area contributed by atoms with Gasteiger partial charge in [-0.2, -0.15) is 0 Å². The Morgan fingerprint density at radius 3 is 2.47 bits per heavy atom. The van der Waals surface area contributed by atoms with Crippen LogP contribution in [0.5, 0.6) is 0 Å². The molecule has 1 aromatic rings. The Kier molecular flexibility index (Phi) is 6.02. The van der Waals surface area contributed by atoms with Crippen molar-refractivity contribution in [1.82, 2.24) is 10.2 Å². The maximum absolute atomic E-state index is 12.1. The Labute approximate surface area is 113 Å². The zero-order valence-corrected chi connectivity index (χ0v) is 11.4. The minimum absolute atomic E-state index is 0.391. The largest absolute Gasteiger partial charge is 0.351 e. The van der Waals surface area contributed by atoms with Crippen LogP contribution >= 0.6 is 0 Å². The maximum Gasteiger partial charge on any atom is 0.318 e. The summed E-state index contributed by atoms with van der Waals surface area (Å²) in [6, 6.07) is 8.04. The van der Waals surface area contributed by atoms with Crippen molar-refractivity contribution < 1.29 is 9.59 Å². The van der Waals surface area contributed by atoms with Gasteiger partial charge in [0, 0.05) is 0 Å². The van der Waals surface area contributed by atoms with E-state index in [1.165, 1.54) is 0 Å². The molecule has 1 rings (SSSR count). The van der Waals surface area contributed by atoms with Crippen LogP contribution in [0.2, 0.25) is 0 Å². The summed E-state index contributed by atoms with van der Waals surface area (Å²) >= 11 is 0.